The zero-order valence-corrected chi connectivity index (χ0v) is 18.1. The molecule has 4 rings (SSSR count). The second-order valence-corrected chi connectivity index (χ2v) is 7.79. The van der Waals surface area contributed by atoms with Gasteiger partial charge < -0.3 is 14.8 Å². The van der Waals surface area contributed by atoms with Crippen molar-refractivity contribution in [3.05, 3.63) is 54.0 Å². The summed E-state index contributed by atoms with van der Waals surface area (Å²) in [5.74, 6) is 0.597. The van der Waals surface area contributed by atoms with Crippen LogP contribution in [0.25, 0.3) is 22.4 Å². The average Bonchev–Trinajstić information content (AvgIpc) is 3.16. The Hall–Kier alpha value is -3.26. The van der Waals surface area contributed by atoms with Gasteiger partial charge in [0.1, 0.15) is 0 Å². The lowest BCUT2D eigenvalue weighted by Gasteiger charge is -2.14. The minimum absolute atomic E-state index is 0.182. The van der Waals surface area contributed by atoms with Gasteiger partial charge in [-0.25, -0.2) is 4.98 Å². The van der Waals surface area contributed by atoms with Gasteiger partial charge in [0.05, 0.1) is 23.9 Å². The Labute approximate surface area is 180 Å². The first-order valence-electron chi connectivity index (χ1n) is 9.64. The van der Waals surface area contributed by atoms with Gasteiger partial charge in [-0.3, -0.25) is 9.97 Å². The van der Waals surface area contributed by atoms with Crippen LogP contribution in [0.3, 0.4) is 0 Å². The second kappa shape index (κ2) is 8.23. The van der Waals surface area contributed by atoms with Crippen molar-refractivity contribution >= 4 is 34.3 Å². The largest absolute Gasteiger partial charge is 0.376 e. The monoisotopic (exact) mass is 422 g/mol. The maximum Gasteiger partial charge on any atom is 0.226 e. The molecule has 0 saturated carbocycles. The Morgan fingerprint density at radius 1 is 1.17 bits per heavy atom. The number of anilines is 2. The van der Waals surface area contributed by atoms with E-state index in [-0.39, 0.29) is 11.3 Å². The molecule has 0 aliphatic carbocycles. The van der Waals surface area contributed by atoms with Gasteiger partial charge in [-0.2, -0.15) is 9.97 Å². The van der Waals surface area contributed by atoms with Crippen LogP contribution in [0.1, 0.15) is 25.5 Å². The Morgan fingerprint density at radius 2 is 2.00 bits per heavy atom. The van der Waals surface area contributed by atoms with Crippen LogP contribution in [0, 0.1) is 0 Å². The minimum Gasteiger partial charge on any atom is -0.376 e. The number of nitrogens with one attached hydrogen (secondary N) is 1. The molecule has 30 heavy (non-hydrogen) atoms. The number of halogens is 1. The zero-order valence-electron chi connectivity index (χ0n) is 17.3. The molecule has 1 N–H and O–H groups in total. The van der Waals surface area contributed by atoms with Gasteiger partial charge in [-0.05, 0) is 43.1 Å². The van der Waals surface area contributed by atoms with E-state index in [0.29, 0.717) is 23.5 Å². The molecule has 4 aromatic heterocycles. The summed E-state index contributed by atoms with van der Waals surface area (Å²) in [5.41, 5.74) is 5.25. The summed E-state index contributed by atoms with van der Waals surface area (Å²) in [7, 11) is 3.98. The summed E-state index contributed by atoms with van der Waals surface area (Å²) < 4.78 is 1.97. The molecule has 4 heterocycles. The van der Waals surface area contributed by atoms with Crippen molar-refractivity contribution in [3.8, 4) is 11.3 Å². The van der Waals surface area contributed by atoms with Gasteiger partial charge >= 0.3 is 0 Å². The molecule has 0 aromatic carbocycles. The van der Waals surface area contributed by atoms with Gasteiger partial charge in [-0.15, -0.1) is 0 Å². The highest BCUT2D eigenvalue weighted by Gasteiger charge is 2.15. The van der Waals surface area contributed by atoms with E-state index in [2.05, 4.69) is 50.2 Å². The third-order valence-corrected chi connectivity index (χ3v) is 4.97. The summed E-state index contributed by atoms with van der Waals surface area (Å²) in [4.78, 5) is 24.2. The topological polar surface area (TPSA) is 84.7 Å². The number of hydrogen-bond donors (Lipinski definition) is 1. The predicted molar refractivity (Wildman–Crippen MR) is 120 cm³/mol. The van der Waals surface area contributed by atoms with E-state index in [4.69, 9.17) is 11.6 Å². The molecule has 0 fully saturated rings. The van der Waals surface area contributed by atoms with Gasteiger partial charge in [0.25, 0.3) is 0 Å². The van der Waals surface area contributed by atoms with Crippen molar-refractivity contribution in [1.29, 1.82) is 0 Å². The normalized spacial score (nSPS) is 11.3. The summed E-state index contributed by atoms with van der Waals surface area (Å²) >= 11 is 6.18. The standard InChI is InChI=1S/C21H23ClN8/c1-13(2)30-12-26-18-19(27-21(22)28-20(18)30)25-10-14-6-5-7-24-17(14)15-8-16(29(3)4)11-23-9-15/h5-9,11-13H,10H2,1-4H3,(H,25,27,28). The van der Waals surface area contributed by atoms with E-state index in [1.807, 2.05) is 48.1 Å². The molecule has 154 valence electrons. The smallest absolute Gasteiger partial charge is 0.226 e. The lowest BCUT2D eigenvalue weighted by atomic mass is 10.1. The van der Waals surface area contributed by atoms with Crippen LogP contribution in [-0.2, 0) is 6.54 Å². The summed E-state index contributed by atoms with van der Waals surface area (Å²) in [5, 5.41) is 3.54. The van der Waals surface area contributed by atoms with Crippen LogP contribution in [0.2, 0.25) is 5.28 Å². The molecule has 0 saturated heterocycles. The Kier molecular flexibility index (Phi) is 5.50. The molecule has 0 spiro atoms. The number of hydrogen-bond acceptors (Lipinski definition) is 7. The molecule has 0 atom stereocenters. The molecule has 4 aromatic rings. The molecule has 0 bridgehead atoms. The van der Waals surface area contributed by atoms with Gasteiger partial charge in [0.15, 0.2) is 17.0 Å². The SMILES string of the molecule is CC(C)n1cnc2c(NCc3cccnc3-c3cncc(N(C)C)c3)nc(Cl)nc21. The Bertz CT molecular complexity index is 1180. The highest BCUT2D eigenvalue weighted by atomic mass is 35.5. The first-order chi connectivity index (χ1) is 14.4. The lowest BCUT2D eigenvalue weighted by Crippen LogP contribution is -2.09. The third kappa shape index (κ3) is 3.91. The van der Waals surface area contributed by atoms with E-state index in [1.165, 1.54) is 0 Å². The molecule has 8 nitrogen and oxygen atoms in total. The molecule has 0 amide bonds. The third-order valence-electron chi connectivity index (χ3n) is 4.80. The lowest BCUT2D eigenvalue weighted by molar-refractivity contribution is 0.612. The fourth-order valence-electron chi connectivity index (χ4n) is 3.21. The second-order valence-electron chi connectivity index (χ2n) is 7.45. The van der Waals surface area contributed by atoms with E-state index >= 15 is 0 Å². The van der Waals surface area contributed by atoms with Crippen LogP contribution < -0.4 is 10.2 Å². The number of aromatic nitrogens is 6. The summed E-state index contributed by atoms with van der Waals surface area (Å²) in [6, 6.07) is 6.24. The number of rotatable bonds is 6. The first kappa shape index (κ1) is 20.0. The molecule has 0 unspecified atom stereocenters. The minimum atomic E-state index is 0.182. The number of pyridine rings is 2. The van der Waals surface area contributed by atoms with Crippen LogP contribution in [-0.4, -0.2) is 43.6 Å². The molecule has 9 heteroatoms. The van der Waals surface area contributed by atoms with E-state index in [1.54, 1.807) is 12.5 Å². The fraction of sp³-hybridized carbons (Fsp3) is 0.286. The molecular formula is C21H23ClN8. The maximum absolute atomic E-state index is 6.18. The van der Waals surface area contributed by atoms with Crippen molar-refractivity contribution in [1.82, 2.24) is 29.5 Å². The van der Waals surface area contributed by atoms with Gasteiger partial charge in [-0.1, -0.05) is 6.07 Å². The molecule has 0 aliphatic rings. The molecule has 0 aliphatic heterocycles. The maximum atomic E-state index is 6.18. The summed E-state index contributed by atoms with van der Waals surface area (Å²) in [6.45, 7) is 4.65. The van der Waals surface area contributed by atoms with E-state index < -0.39 is 0 Å². The van der Waals surface area contributed by atoms with E-state index in [0.717, 1.165) is 22.5 Å². The number of fused-ring (bicyclic) bond motifs is 1. The number of nitrogens with zero attached hydrogens (tertiary/aromatic N) is 7. The summed E-state index contributed by atoms with van der Waals surface area (Å²) in [6.07, 6.45) is 7.20. The van der Waals surface area contributed by atoms with Crippen molar-refractivity contribution in [2.75, 3.05) is 24.3 Å². The Balaban J connectivity index is 1.67. The van der Waals surface area contributed by atoms with Crippen LogP contribution in [0.15, 0.2) is 43.1 Å². The van der Waals surface area contributed by atoms with Crippen LogP contribution in [0.4, 0.5) is 11.5 Å². The number of imidazole rings is 1. The van der Waals surface area contributed by atoms with Crippen molar-refractivity contribution < 1.29 is 0 Å². The van der Waals surface area contributed by atoms with E-state index in [9.17, 15) is 0 Å². The van der Waals surface area contributed by atoms with Gasteiger partial charge in [0.2, 0.25) is 5.28 Å². The van der Waals surface area contributed by atoms with Crippen molar-refractivity contribution in [3.63, 3.8) is 0 Å². The molecule has 0 radical (unpaired) electrons. The first-order valence-corrected chi connectivity index (χ1v) is 10.0. The van der Waals surface area contributed by atoms with Crippen LogP contribution >= 0.6 is 11.6 Å². The average molecular weight is 423 g/mol. The highest BCUT2D eigenvalue weighted by Crippen LogP contribution is 2.27. The fourth-order valence-corrected chi connectivity index (χ4v) is 3.38. The van der Waals surface area contributed by atoms with Crippen molar-refractivity contribution in [2.45, 2.75) is 26.4 Å². The highest BCUT2D eigenvalue weighted by molar-refractivity contribution is 6.28. The molecular weight excluding hydrogens is 400 g/mol. The van der Waals surface area contributed by atoms with Crippen LogP contribution in [0.5, 0.6) is 0 Å². The quantitative estimate of drug-likeness (QED) is 0.466. The zero-order chi connectivity index (χ0) is 21.3. The van der Waals surface area contributed by atoms with Gasteiger partial charge in [0, 0.05) is 44.6 Å². The Morgan fingerprint density at radius 3 is 2.77 bits per heavy atom. The van der Waals surface area contributed by atoms with Crippen molar-refractivity contribution in [2.24, 2.45) is 0 Å². The predicted octanol–water partition coefficient (Wildman–Crippen LogP) is 4.20.